The van der Waals surface area contributed by atoms with Crippen LogP contribution in [0.5, 0.6) is 0 Å². The number of nitrogens with two attached hydrogens (primary N) is 1. The van der Waals surface area contributed by atoms with Crippen molar-refractivity contribution in [3.63, 3.8) is 0 Å². The third kappa shape index (κ3) is 2.44. The molecule has 4 heteroatoms. The molecule has 0 aromatic heterocycles. The Morgan fingerprint density at radius 1 is 1.50 bits per heavy atom. The molecule has 1 aromatic carbocycles. The van der Waals surface area contributed by atoms with Crippen LogP contribution in [-0.4, -0.2) is 19.8 Å². The molecule has 1 saturated heterocycles. The molecule has 16 heavy (non-hydrogen) atoms. The zero-order valence-corrected chi connectivity index (χ0v) is 10.6. The molecule has 0 spiro atoms. The largest absolute Gasteiger partial charge is 0.381 e. The summed E-state index contributed by atoms with van der Waals surface area (Å²) in [7, 11) is 0. The van der Waals surface area contributed by atoms with E-state index in [9.17, 15) is 4.39 Å². The number of ether oxygens (including phenoxy) is 1. The van der Waals surface area contributed by atoms with Crippen LogP contribution in [-0.2, 0) is 11.2 Å². The first-order chi connectivity index (χ1) is 7.65. The lowest BCUT2D eigenvalue weighted by Gasteiger charge is -2.25. The second-order valence-corrected chi connectivity index (χ2v) is 5.29. The van der Waals surface area contributed by atoms with Gasteiger partial charge >= 0.3 is 0 Å². The highest BCUT2D eigenvalue weighted by molar-refractivity contribution is 9.10. The Morgan fingerprint density at radius 3 is 2.88 bits per heavy atom. The molecule has 2 N–H and O–H groups in total. The van der Waals surface area contributed by atoms with Crippen LogP contribution in [0.25, 0.3) is 0 Å². The maximum Gasteiger partial charge on any atom is 0.137 e. The maximum absolute atomic E-state index is 13.1. The molecule has 2 rings (SSSR count). The lowest BCUT2D eigenvalue weighted by molar-refractivity contribution is 0.154. The molecule has 0 saturated carbocycles. The van der Waals surface area contributed by atoms with Crippen LogP contribution in [0.15, 0.2) is 22.7 Å². The first-order valence-corrected chi connectivity index (χ1v) is 6.16. The molecule has 1 aliphatic heterocycles. The number of rotatable bonds is 3. The van der Waals surface area contributed by atoms with Crippen molar-refractivity contribution in [3.8, 4) is 0 Å². The lowest BCUT2D eigenvalue weighted by Crippen LogP contribution is -2.33. The summed E-state index contributed by atoms with van der Waals surface area (Å²) in [5, 5.41) is 0. The Kier molecular flexibility index (Phi) is 3.62. The van der Waals surface area contributed by atoms with E-state index in [1.807, 2.05) is 12.1 Å². The first kappa shape index (κ1) is 12.0. The summed E-state index contributed by atoms with van der Waals surface area (Å²) in [5.74, 6) is -0.228. The van der Waals surface area contributed by atoms with E-state index in [4.69, 9.17) is 10.5 Å². The molecule has 1 aromatic rings. The minimum Gasteiger partial charge on any atom is -0.381 e. The van der Waals surface area contributed by atoms with Gasteiger partial charge in [-0.2, -0.15) is 0 Å². The number of hydrogen-bond acceptors (Lipinski definition) is 2. The summed E-state index contributed by atoms with van der Waals surface area (Å²) in [6.45, 7) is 2.10. The van der Waals surface area contributed by atoms with E-state index in [2.05, 4.69) is 15.9 Å². The average molecular weight is 288 g/mol. The summed E-state index contributed by atoms with van der Waals surface area (Å²) in [6, 6.07) is 5.13. The fourth-order valence-corrected chi connectivity index (χ4v) is 2.53. The van der Waals surface area contributed by atoms with Crippen LogP contribution in [0.4, 0.5) is 4.39 Å². The van der Waals surface area contributed by atoms with Gasteiger partial charge in [0.2, 0.25) is 0 Å². The minimum atomic E-state index is -0.228. The van der Waals surface area contributed by atoms with Gasteiger partial charge in [-0.15, -0.1) is 0 Å². The Balaban J connectivity index is 2.16. The van der Waals surface area contributed by atoms with Crippen molar-refractivity contribution in [2.24, 2.45) is 11.1 Å². The average Bonchev–Trinajstić information content (AvgIpc) is 2.73. The SMILES string of the molecule is NCC1(Cc2ccc(F)c(Br)c2)CCOC1. The summed E-state index contributed by atoms with van der Waals surface area (Å²) >= 11 is 3.20. The van der Waals surface area contributed by atoms with Gasteiger partial charge in [0.25, 0.3) is 0 Å². The van der Waals surface area contributed by atoms with Crippen LogP contribution in [0.3, 0.4) is 0 Å². The van der Waals surface area contributed by atoms with Crippen LogP contribution < -0.4 is 5.73 Å². The van der Waals surface area contributed by atoms with Crippen LogP contribution in [0.1, 0.15) is 12.0 Å². The fraction of sp³-hybridized carbons (Fsp3) is 0.500. The van der Waals surface area contributed by atoms with Crippen LogP contribution in [0.2, 0.25) is 0 Å². The molecule has 0 bridgehead atoms. The second-order valence-electron chi connectivity index (χ2n) is 4.43. The van der Waals surface area contributed by atoms with E-state index in [0.29, 0.717) is 17.6 Å². The van der Waals surface area contributed by atoms with Crippen molar-refractivity contribution in [1.82, 2.24) is 0 Å². The van der Waals surface area contributed by atoms with Gasteiger partial charge in [-0.1, -0.05) is 6.07 Å². The van der Waals surface area contributed by atoms with Crippen molar-refractivity contribution < 1.29 is 9.13 Å². The van der Waals surface area contributed by atoms with E-state index in [1.165, 1.54) is 6.07 Å². The highest BCUT2D eigenvalue weighted by atomic mass is 79.9. The van der Waals surface area contributed by atoms with Crippen molar-refractivity contribution in [2.75, 3.05) is 19.8 Å². The van der Waals surface area contributed by atoms with Crippen LogP contribution in [0, 0.1) is 11.2 Å². The third-order valence-corrected chi connectivity index (χ3v) is 3.79. The standard InChI is InChI=1S/C12H15BrFNO/c13-10-5-9(1-2-11(10)14)6-12(7-15)3-4-16-8-12/h1-2,5H,3-4,6-8,15H2. The zero-order chi connectivity index (χ0) is 11.6. The van der Waals surface area contributed by atoms with Crippen LogP contribution >= 0.6 is 15.9 Å². The Morgan fingerprint density at radius 2 is 2.31 bits per heavy atom. The van der Waals surface area contributed by atoms with E-state index in [-0.39, 0.29) is 11.2 Å². The fourth-order valence-electron chi connectivity index (χ4n) is 2.10. The van der Waals surface area contributed by atoms with Gasteiger partial charge in [0, 0.05) is 18.6 Å². The van der Waals surface area contributed by atoms with Gasteiger partial charge in [0.05, 0.1) is 11.1 Å². The molecule has 1 unspecified atom stereocenters. The molecular formula is C12H15BrFNO. The van der Waals surface area contributed by atoms with Crippen molar-refractivity contribution in [1.29, 1.82) is 0 Å². The molecule has 88 valence electrons. The first-order valence-electron chi connectivity index (χ1n) is 5.37. The molecule has 1 aliphatic rings. The zero-order valence-electron chi connectivity index (χ0n) is 9.01. The van der Waals surface area contributed by atoms with E-state index < -0.39 is 0 Å². The molecule has 1 atom stereocenters. The number of halogens is 2. The van der Waals surface area contributed by atoms with Gasteiger partial charge in [-0.3, -0.25) is 0 Å². The predicted molar refractivity (Wildman–Crippen MR) is 64.7 cm³/mol. The second kappa shape index (κ2) is 4.82. The molecule has 1 heterocycles. The summed E-state index contributed by atoms with van der Waals surface area (Å²) in [4.78, 5) is 0. The molecular weight excluding hydrogens is 273 g/mol. The topological polar surface area (TPSA) is 35.2 Å². The molecule has 0 amide bonds. The monoisotopic (exact) mass is 287 g/mol. The molecule has 2 nitrogen and oxygen atoms in total. The summed E-state index contributed by atoms with van der Waals surface area (Å²) < 4.78 is 19.0. The summed E-state index contributed by atoms with van der Waals surface area (Å²) in [5.41, 5.74) is 6.96. The Hall–Kier alpha value is -0.450. The van der Waals surface area contributed by atoms with Crippen molar-refractivity contribution in [2.45, 2.75) is 12.8 Å². The smallest absolute Gasteiger partial charge is 0.137 e. The minimum absolute atomic E-state index is 0.0390. The molecule has 1 fully saturated rings. The highest BCUT2D eigenvalue weighted by Gasteiger charge is 2.33. The van der Waals surface area contributed by atoms with Gasteiger partial charge in [0.15, 0.2) is 0 Å². The number of benzene rings is 1. The van der Waals surface area contributed by atoms with Gasteiger partial charge in [-0.25, -0.2) is 4.39 Å². The van der Waals surface area contributed by atoms with Gasteiger partial charge in [-0.05, 0) is 46.5 Å². The third-order valence-electron chi connectivity index (χ3n) is 3.18. The van der Waals surface area contributed by atoms with Gasteiger partial charge in [0.1, 0.15) is 5.82 Å². The summed E-state index contributed by atoms with van der Waals surface area (Å²) in [6.07, 6.45) is 1.83. The molecule has 0 radical (unpaired) electrons. The van der Waals surface area contributed by atoms with Crippen molar-refractivity contribution in [3.05, 3.63) is 34.1 Å². The number of hydrogen-bond donors (Lipinski definition) is 1. The Bertz CT molecular complexity index is 377. The maximum atomic E-state index is 13.1. The quantitative estimate of drug-likeness (QED) is 0.927. The van der Waals surface area contributed by atoms with Crippen molar-refractivity contribution >= 4 is 15.9 Å². The normalized spacial score (nSPS) is 24.9. The van der Waals surface area contributed by atoms with Gasteiger partial charge < -0.3 is 10.5 Å². The van der Waals surface area contributed by atoms with E-state index in [0.717, 1.165) is 25.0 Å². The molecule has 0 aliphatic carbocycles. The Labute approximate surface area is 103 Å². The highest BCUT2D eigenvalue weighted by Crippen LogP contribution is 2.32. The lowest BCUT2D eigenvalue weighted by atomic mass is 9.81. The predicted octanol–water partition coefficient (Wildman–Crippen LogP) is 2.50. The van der Waals surface area contributed by atoms with E-state index >= 15 is 0 Å². The van der Waals surface area contributed by atoms with E-state index in [1.54, 1.807) is 0 Å².